The number of hydrogen-bond donors (Lipinski definition) is 1. The second-order valence-electron chi connectivity index (χ2n) is 0.812. The molecule has 0 saturated carbocycles. The second kappa shape index (κ2) is 4.06. The van der Waals surface area contributed by atoms with Crippen molar-refractivity contribution >= 4 is 7.80 Å². The van der Waals surface area contributed by atoms with Gasteiger partial charge in [-0.05, 0) is 0 Å². The molecule has 0 spiro atoms. The van der Waals surface area contributed by atoms with E-state index in [1.54, 1.807) is 13.3 Å². The van der Waals surface area contributed by atoms with Crippen LogP contribution in [0.4, 0.5) is 0 Å². The maximum Gasteiger partial charge on any atom is 0.332 e. The van der Waals surface area contributed by atoms with Crippen molar-refractivity contribution in [1.82, 2.24) is 6.15 Å². The van der Waals surface area contributed by atoms with Crippen LogP contribution in [-0.4, -0.2) is 13.3 Å². The first-order valence-corrected chi connectivity index (χ1v) is 3.23. The highest BCUT2D eigenvalue weighted by molar-refractivity contribution is 7.42. The molecule has 0 aliphatic rings. The zero-order valence-electron chi connectivity index (χ0n) is 3.56. The third-order valence-electron chi connectivity index (χ3n) is 0. The van der Waals surface area contributed by atoms with Crippen molar-refractivity contribution in [2.75, 3.05) is 13.3 Å². The summed E-state index contributed by atoms with van der Waals surface area (Å²) in [6.07, 6.45) is 0. The van der Waals surface area contributed by atoms with Crippen LogP contribution < -0.4 is 6.15 Å². The van der Waals surface area contributed by atoms with Gasteiger partial charge in [0, 0.05) is 0 Å². The zero-order valence-corrected chi connectivity index (χ0v) is 4.46. The van der Waals surface area contributed by atoms with E-state index in [2.05, 4.69) is 0 Å². The molecule has 0 aromatic rings. The molecule has 0 atom stereocenters. The first kappa shape index (κ1) is 8.91. The van der Waals surface area contributed by atoms with Crippen LogP contribution in [-0.2, 0) is 4.57 Å². The van der Waals surface area contributed by atoms with Crippen molar-refractivity contribution in [3.8, 4) is 0 Å². The highest BCUT2D eigenvalue weighted by Crippen LogP contribution is 2.00. The molecule has 0 radical (unpaired) electrons. The second-order valence-corrected chi connectivity index (χ2v) is 2.44. The van der Waals surface area contributed by atoms with Crippen LogP contribution in [0.1, 0.15) is 0 Å². The predicted molar refractivity (Wildman–Crippen MR) is 24.5 cm³/mol. The molecular weight excluding hydrogens is 85.0 g/mol. The van der Waals surface area contributed by atoms with Crippen LogP contribution in [0.2, 0.25) is 0 Å². The van der Waals surface area contributed by atoms with Crippen LogP contribution in [0.15, 0.2) is 0 Å². The molecule has 3 N–H and O–H groups in total. The Balaban J connectivity index is 0. The van der Waals surface area contributed by atoms with E-state index in [0.717, 1.165) is 0 Å². The fraction of sp³-hybridized carbons (Fsp3) is 1.00. The van der Waals surface area contributed by atoms with Gasteiger partial charge >= 0.3 is 7.80 Å². The van der Waals surface area contributed by atoms with Gasteiger partial charge in [-0.25, -0.2) is 0 Å². The smallest absolute Gasteiger partial charge is 0.332 e. The van der Waals surface area contributed by atoms with Gasteiger partial charge in [-0.1, -0.05) is 4.57 Å². The first-order chi connectivity index (χ1) is 1.73. The lowest BCUT2D eigenvalue weighted by atomic mass is 11.9. The third kappa shape index (κ3) is 4790. The molecular formula is C2H9NOP+. The van der Waals surface area contributed by atoms with E-state index >= 15 is 0 Å². The third-order valence-corrected chi connectivity index (χ3v) is 0. The lowest BCUT2D eigenvalue weighted by Crippen LogP contribution is -1.33. The Bertz CT molecular complexity index is 32.6. The van der Waals surface area contributed by atoms with Gasteiger partial charge in [0.15, 0.2) is 0 Å². The standard InChI is InChI=1S/C2H6OP.H3N/c1-4(2)3;/h1-2H3;1H3/q+1;. The first-order valence-electron chi connectivity index (χ1n) is 1.08. The lowest BCUT2D eigenvalue weighted by Gasteiger charge is -1.37. The van der Waals surface area contributed by atoms with Gasteiger partial charge in [0.2, 0.25) is 0 Å². The molecule has 0 aliphatic heterocycles. The van der Waals surface area contributed by atoms with Crippen LogP contribution in [0.3, 0.4) is 0 Å². The fourth-order valence-corrected chi connectivity index (χ4v) is 0. The Labute approximate surface area is 32.9 Å². The summed E-state index contributed by atoms with van der Waals surface area (Å²) in [4.78, 5) is 0. The quantitative estimate of drug-likeness (QED) is 0.459. The van der Waals surface area contributed by atoms with E-state index in [1.165, 1.54) is 0 Å². The molecule has 0 amide bonds. The Morgan fingerprint density at radius 1 is 1.40 bits per heavy atom. The summed E-state index contributed by atoms with van der Waals surface area (Å²) in [7, 11) is -0.870. The predicted octanol–water partition coefficient (Wildman–Crippen LogP) is 1.24. The number of hydrogen-bond acceptors (Lipinski definition) is 2. The van der Waals surface area contributed by atoms with Crippen molar-refractivity contribution in [2.45, 2.75) is 0 Å². The van der Waals surface area contributed by atoms with Gasteiger partial charge in [0.05, 0.1) is 0 Å². The summed E-state index contributed by atoms with van der Waals surface area (Å²) >= 11 is 0. The Hall–Kier alpha value is 0.0600. The SMILES string of the molecule is C[P+](C)=O.N. The van der Waals surface area contributed by atoms with E-state index < -0.39 is 7.80 Å². The molecule has 0 heterocycles. The molecule has 0 aromatic heterocycles. The van der Waals surface area contributed by atoms with Gasteiger partial charge in [-0.15, -0.1) is 0 Å². The molecule has 3 heteroatoms. The van der Waals surface area contributed by atoms with Crippen LogP contribution in [0.25, 0.3) is 0 Å². The summed E-state index contributed by atoms with van der Waals surface area (Å²) in [6, 6.07) is 0. The maximum atomic E-state index is 9.59. The highest BCUT2D eigenvalue weighted by Gasteiger charge is 1.80. The van der Waals surface area contributed by atoms with Gasteiger partial charge in [-0.3, -0.25) is 0 Å². The van der Waals surface area contributed by atoms with Gasteiger partial charge in [0.25, 0.3) is 0 Å². The molecule has 0 fully saturated rings. The van der Waals surface area contributed by atoms with Crippen molar-refractivity contribution in [3.05, 3.63) is 0 Å². The maximum absolute atomic E-state index is 9.59. The van der Waals surface area contributed by atoms with Crippen molar-refractivity contribution in [1.29, 1.82) is 0 Å². The van der Waals surface area contributed by atoms with Crippen LogP contribution >= 0.6 is 7.80 Å². The van der Waals surface area contributed by atoms with Crippen molar-refractivity contribution in [2.24, 2.45) is 0 Å². The molecule has 0 rings (SSSR count). The largest absolute Gasteiger partial charge is 0.344 e. The topological polar surface area (TPSA) is 52.1 Å². The average Bonchev–Trinajstić information content (AvgIpc) is 0.811. The van der Waals surface area contributed by atoms with Gasteiger partial charge < -0.3 is 6.15 Å². The van der Waals surface area contributed by atoms with E-state index in [-0.39, 0.29) is 6.15 Å². The minimum Gasteiger partial charge on any atom is -0.344 e. The molecule has 0 saturated heterocycles. The monoisotopic (exact) mass is 94.0 g/mol. The normalized spacial score (nSPS) is 5.20. The highest BCUT2D eigenvalue weighted by atomic mass is 31.1. The molecule has 5 heavy (non-hydrogen) atoms. The zero-order chi connectivity index (χ0) is 3.58. The molecule has 0 bridgehead atoms. The number of rotatable bonds is 0. The van der Waals surface area contributed by atoms with Crippen LogP contribution in [0.5, 0.6) is 0 Å². The summed E-state index contributed by atoms with van der Waals surface area (Å²) in [6.45, 7) is 3.35. The Morgan fingerprint density at radius 2 is 1.40 bits per heavy atom. The Kier molecular flexibility index (Phi) is 7.23. The van der Waals surface area contributed by atoms with Gasteiger partial charge in [-0.2, -0.15) is 0 Å². The summed E-state index contributed by atoms with van der Waals surface area (Å²) < 4.78 is 9.59. The van der Waals surface area contributed by atoms with E-state index in [0.29, 0.717) is 0 Å². The molecule has 0 unspecified atom stereocenters. The minimum absolute atomic E-state index is 0. The van der Waals surface area contributed by atoms with E-state index in [9.17, 15) is 4.57 Å². The summed E-state index contributed by atoms with van der Waals surface area (Å²) in [5.74, 6) is 0. The van der Waals surface area contributed by atoms with Crippen molar-refractivity contribution in [3.63, 3.8) is 0 Å². The molecule has 0 aromatic carbocycles. The molecule has 32 valence electrons. The summed E-state index contributed by atoms with van der Waals surface area (Å²) in [5.41, 5.74) is 0. The Morgan fingerprint density at radius 3 is 1.40 bits per heavy atom. The van der Waals surface area contributed by atoms with Crippen LogP contribution in [0, 0.1) is 0 Å². The molecule has 0 aliphatic carbocycles. The van der Waals surface area contributed by atoms with E-state index in [1.807, 2.05) is 0 Å². The molecule has 2 nitrogen and oxygen atoms in total. The fourth-order valence-electron chi connectivity index (χ4n) is 0. The van der Waals surface area contributed by atoms with Gasteiger partial charge in [0.1, 0.15) is 13.3 Å². The van der Waals surface area contributed by atoms with E-state index in [4.69, 9.17) is 0 Å². The summed E-state index contributed by atoms with van der Waals surface area (Å²) in [5, 5.41) is 0. The lowest BCUT2D eigenvalue weighted by molar-refractivity contribution is 0.594. The minimum atomic E-state index is -0.870. The average molecular weight is 94.1 g/mol. The van der Waals surface area contributed by atoms with Crippen molar-refractivity contribution < 1.29 is 4.57 Å².